The van der Waals surface area contributed by atoms with Crippen LogP contribution in [0.15, 0.2) is 0 Å². The van der Waals surface area contributed by atoms with E-state index in [0.29, 0.717) is 13.2 Å². The van der Waals surface area contributed by atoms with Gasteiger partial charge < -0.3 is 10.5 Å². The molecule has 1 heterocycles. The molecule has 1 unspecified atom stereocenters. The topological polar surface area (TPSA) is 81.4 Å². The number of nitrogens with two attached hydrogens (primary N) is 1. The monoisotopic (exact) mass is 264 g/mol. The second kappa shape index (κ2) is 6.13. The maximum absolute atomic E-state index is 11.8. The molecule has 1 aliphatic rings. The predicted molar refractivity (Wildman–Crippen MR) is 68.3 cm³/mol. The minimum absolute atomic E-state index is 0.0521. The zero-order chi connectivity index (χ0) is 12.9. The summed E-state index contributed by atoms with van der Waals surface area (Å²) in [6.07, 6.45) is 3.14. The van der Waals surface area contributed by atoms with Gasteiger partial charge in [0.15, 0.2) is 0 Å². The molecule has 0 amide bonds. The third-order valence-electron chi connectivity index (χ3n) is 3.48. The first kappa shape index (κ1) is 14.9. The highest BCUT2D eigenvalue weighted by molar-refractivity contribution is 7.89. The van der Waals surface area contributed by atoms with Gasteiger partial charge in [0.05, 0.1) is 11.9 Å². The summed E-state index contributed by atoms with van der Waals surface area (Å²) in [7, 11) is -3.27. The molecule has 0 saturated carbocycles. The standard InChI is InChI=1S/C11H24N2O3S/c1-3-11(12,4-2)9-13-17(14,15)8-10-6-5-7-16-10/h10,13H,3-9,12H2,1-2H3. The van der Waals surface area contributed by atoms with Crippen LogP contribution in [0.2, 0.25) is 0 Å². The second-order valence-electron chi connectivity index (χ2n) is 4.81. The Bertz CT molecular complexity index is 320. The van der Waals surface area contributed by atoms with Crippen LogP contribution >= 0.6 is 0 Å². The Morgan fingerprint density at radius 1 is 1.41 bits per heavy atom. The summed E-state index contributed by atoms with van der Waals surface area (Å²) in [5, 5.41) is 0. The minimum atomic E-state index is -3.27. The van der Waals surface area contributed by atoms with Crippen molar-refractivity contribution in [2.75, 3.05) is 18.9 Å². The molecule has 1 saturated heterocycles. The molecule has 0 bridgehead atoms. The third kappa shape index (κ3) is 4.91. The molecule has 1 rings (SSSR count). The third-order valence-corrected chi connectivity index (χ3v) is 4.88. The normalized spacial score (nSPS) is 21.9. The van der Waals surface area contributed by atoms with Gasteiger partial charge in [-0.15, -0.1) is 0 Å². The molecular weight excluding hydrogens is 240 g/mol. The van der Waals surface area contributed by atoms with Crippen molar-refractivity contribution in [3.8, 4) is 0 Å². The largest absolute Gasteiger partial charge is 0.377 e. The number of rotatable bonds is 7. The van der Waals surface area contributed by atoms with E-state index in [1.807, 2.05) is 13.8 Å². The van der Waals surface area contributed by atoms with Gasteiger partial charge in [-0.1, -0.05) is 13.8 Å². The lowest BCUT2D eigenvalue weighted by atomic mass is 9.95. The average molecular weight is 264 g/mol. The minimum Gasteiger partial charge on any atom is -0.377 e. The van der Waals surface area contributed by atoms with Gasteiger partial charge in [0.25, 0.3) is 0 Å². The van der Waals surface area contributed by atoms with Crippen molar-refractivity contribution in [1.82, 2.24) is 4.72 Å². The van der Waals surface area contributed by atoms with Crippen LogP contribution in [0.5, 0.6) is 0 Å². The summed E-state index contributed by atoms with van der Waals surface area (Å²) in [4.78, 5) is 0. The van der Waals surface area contributed by atoms with E-state index in [2.05, 4.69) is 4.72 Å². The number of hydrogen-bond donors (Lipinski definition) is 2. The van der Waals surface area contributed by atoms with Crippen LogP contribution in [0.4, 0.5) is 0 Å². The van der Waals surface area contributed by atoms with E-state index in [0.717, 1.165) is 25.7 Å². The fourth-order valence-electron chi connectivity index (χ4n) is 1.83. The SMILES string of the molecule is CCC(N)(CC)CNS(=O)(=O)CC1CCCO1. The van der Waals surface area contributed by atoms with Crippen LogP contribution in [-0.2, 0) is 14.8 Å². The summed E-state index contributed by atoms with van der Waals surface area (Å²) in [5.74, 6) is 0.0521. The first-order chi connectivity index (χ1) is 7.91. The van der Waals surface area contributed by atoms with Crippen LogP contribution in [0.25, 0.3) is 0 Å². The summed E-state index contributed by atoms with van der Waals surface area (Å²) < 4.78 is 31.6. The number of nitrogens with one attached hydrogen (secondary N) is 1. The number of sulfonamides is 1. The molecule has 102 valence electrons. The lowest BCUT2D eigenvalue weighted by Crippen LogP contribution is -2.50. The molecule has 1 atom stereocenters. The Balaban J connectivity index is 2.43. The summed E-state index contributed by atoms with van der Waals surface area (Å²) in [6, 6.07) is 0. The van der Waals surface area contributed by atoms with E-state index in [9.17, 15) is 8.42 Å². The predicted octanol–water partition coefficient (Wildman–Crippen LogP) is 0.602. The van der Waals surface area contributed by atoms with Crippen molar-refractivity contribution in [2.24, 2.45) is 5.73 Å². The highest BCUT2D eigenvalue weighted by atomic mass is 32.2. The molecule has 0 aromatic heterocycles. The first-order valence-electron chi connectivity index (χ1n) is 6.28. The van der Waals surface area contributed by atoms with E-state index < -0.39 is 15.6 Å². The molecule has 17 heavy (non-hydrogen) atoms. The number of hydrogen-bond acceptors (Lipinski definition) is 4. The van der Waals surface area contributed by atoms with E-state index in [1.165, 1.54) is 0 Å². The number of ether oxygens (including phenoxy) is 1. The van der Waals surface area contributed by atoms with Crippen molar-refractivity contribution in [2.45, 2.75) is 51.2 Å². The van der Waals surface area contributed by atoms with Crippen LogP contribution < -0.4 is 10.5 Å². The zero-order valence-electron chi connectivity index (χ0n) is 10.7. The maximum atomic E-state index is 11.8. The van der Waals surface area contributed by atoms with E-state index >= 15 is 0 Å². The van der Waals surface area contributed by atoms with Gasteiger partial charge in [-0.25, -0.2) is 13.1 Å². The van der Waals surface area contributed by atoms with E-state index in [-0.39, 0.29) is 11.9 Å². The molecule has 0 spiro atoms. The fraction of sp³-hybridized carbons (Fsp3) is 1.00. The first-order valence-corrected chi connectivity index (χ1v) is 7.94. The van der Waals surface area contributed by atoms with Crippen molar-refractivity contribution < 1.29 is 13.2 Å². The van der Waals surface area contributed by atoms with Crippen LogP contribution in [0.1, 0.15) is 39.5 Å². The second-order valence-corrected chi connectivity index (χ2v) is 6.66. The summed E-state index contributed by atoms with van der Waals surface area (Å²) >= 11 is 0. The van der Waals surface area contributed by atoms with Crippen molar-refractivity contribution >= 4 is 10.0 Å². The molecule has 6 heteroatoms. The fourth-order valence-corrected chi connectivity index (χ4v) is 3.21. The van der Waals surface area contributed by atoms with Gasteiger partial charge in [0.2, 0.25) is 10.0 Å². The highest BCUT2D eigenvalue weighted by Crippen LogP contribution is 2.14. The van der Waals surface area contributed by atoms with Crippen molar-refractivity contribution in [3.05, 3.63) is 0 Å². The van der Waals surface area contributed by atoms with Crippen LogP contribution in [0.3, 0.4) is 0 Å². The van der Waals surface area contributed by atoms with E-state index in [1.54, 1.807) is 0 Å². The Morgan fingerprint density at radius 3 is 2.53 bits per heavy atom. The molecule has 0 aromatic carbocycles. The van der Waals surface area contributed by atoms with Crippen molar-refractivity contribution in [1.29, 1.82) is 0 Å². The summed E-state index contributed by atoms with van der Waals surface area (Å²) in [6.45, 7) is 4.91. The highest BCUT2D eigenvalue weighted by Gasteiger charge is 2.26. The van der Waals surface area contributed by atoms with Gasteiger partial charge in [-0.3, -0.25) is 0 Å². The van der Waals surface area contributed by atoms with Gasteiger partial charge in [0.1, 0.15) is 0 Å². The molecule has 0 aromatic rings. The Kier molecular flexibility index (Phi) is 5.37. The maximum Gasteiger partial charge on any atom is 0.214 e. The van der Waals surface area contributed by atoms with Crippen LogP contribution in [-0.4, -0.2) is 39.0 Å². The van der Waals surface area contributed by atoms with Gasteiger partial charge in [-0.2, -0.15) is 0 Å². The zero-order valence-corrected chi connectivity index (χ0v) is 11.6. The quantitative estimate of drug-likeness (QED) is 0.705. The van der Waals surface area contributed by atoms with Gasteiger partial charge in [-0.05, 0) is 25.7 Å². The average Bonchev–Trinajstić information content (AvgIpc) is 2.78. The molecule has 5 nitrogen and oxygen atoms in total. The smallest absolute Gasteiger partial charge is 0.214 e. The Labute approximate surface area is 104 Å². The molecular formula is C11H24N2O3S. The molecule has 3 N–H and O–H groups in total. The Morgan fingerprint density at radius 2 is 2.06 bits per heavy atom. The lowest BCUT2D eigenvalue weighted by molar-refractivity contribution is 0.127. The lowest BCUT2D eigenvalue weighted by Gasteiger charge is -2.27. The molecule has 0 aliphatic carbocycles. The van der Waals surface area contributed by atoms with E-state index in [4.69, 9.17) is 10.5 Å². The molecule has 1 aliphatic heterocycles. The van der Waals surface area contributed by atoms with Crippen molar-refractivity contribution in [3.63, 3.8) is 0 Å². The molecule has 1 fully saturated rings. The van der Waals surface area contributed by atoms with Gasteiger partial charge >= 0.3 is 0 Å². The molecule has 0 radical (unpaired) electrons. The Hall–Kier alpha value is -0.170. The van der Waals surface area contributed by atoms with Crippen LogP contribution in [0, 0.1) is 0 Å². The summed E-state index contributed by atoms with van der Waals surface area (Å²) in [5.41, 5.74) is 5.61. The van der Waals surface area contributed by atoms with Gasteiger partial charge in [0, 0.05) is 18.7 Å².